The van der Waals surface area contributed by atoms with Gasteiger partial charge in [0.15, 0.2) is 0 Å². The zero-order valence-corrected chi connectivity index (χ0v) is 12.7. The van der Waals surface area contributed by atoms with Gasteiger partial charge >= 0.3 is 6.18 Å². The summed E-state index contributed by atoms with van der Waals surface area (Å²) in [6, 6.07) is -0.163. The van der Waals surface area contributed by atoms with E-state index in [-0.39, 0.29) is 36.7 Å². The molecule has 130 valence electrons. The van der Waals surface area contributed by atoms with Gasteiger partial charge in [-0.1, -0.05) is 0 Å². The molecule has 0 aromatic carbocycles. The van der Waals surface area contributed by atoms with Crippen molar-refractivity contribution in [2.75, 3.05) is 39.8 Å². The molecular weight excluding hydrogens is 317 g/mol. The van der Waals surface area contributed by atoms with E-state index in [1.165, 1.54) is 11.9 Å². The molecule has 1 atom stereocenters. The topological polar surface area (TPSA) is 81.8 Å². The molecule has 0 aliphatic carbocycles. The summed E-state index contributed by atoms with van der Waals surface area (Å²) in [7, 11) is 1.51. The fraction of sp³-hybridized carbons (Fsp3) is 0.769. The molecule has 7 nitrogen and oxygen atoms in total. The molecule has 3 amide bonds. The first-order valence-electron chi connectivity index (χ1n) is 7.27. The number of nitrogens with zero attached hydrogens (tertiary/aromatic N) is 2. The minimum atomic E-state index is -4.35. The molecule has 10 heteroatoms. The SMILES string of the molecule is CNC(=O)C1CC(=O)N(C2CN(C(=O)CNCC(F)(F)F)C2)C1. The normalized spacial score (nSPS) is 22.3. The van der Waals surface area contributed by atoms with E-state index < -0.39 is 18.6 Å². The number of alkyl halides is 3. The maximum absolute atomic E-state index is 12.0. The van der Waals surface area contributed by atoms with E-state index in [0.717, 1.165) is 0 Å². The van der Waals surface area contributed by atoms with Crippen LogP contribution in [0.3, 0.4) is 0 Å². The van der Waals surface area contributed by atoms with Crippen LogP contribution in [0.4, 0.5) is 13.2 Å². The lowest BCUT2D eigenvalue weighted by atomic mass is 10.1. The van der Waals surface area contributed by atoms with Crippen molar-refractivity contribution in [1.82, 2.24) is 20.4 Å². The first kappa shape index (κ1) is 17.5. The van der Waals surface area contributed by atoms with Crippen LogP contribution in [0.25, 0.3) is 0 Å². The van der Waals surface area contributed by atoms with E-state index in [1.807, 2.05) is 5.32 Å². The van der Waals surface area contributed by atoms with Gasteiger partial charge in [0.1, 0.15) is 0 Å². The summed E-state index contributed by atoms with van der Waals surface area (Å²) >= 11 is 0. The number of amides is 3. The maximum Gasteiger partial charge on any atom is 0.401 e. The molecule has 2 aliphatic heterocycles. The van der Waals surface area contributed by atoms with Crippen molar-refractivity contribution >= 4 is 17.7 Å². The van der Waals surface area contributed by atoms with Crippen LogP contribution in [0.5, 0.6) is 0 Å². The molecule has 0 spiro atoms. The lowest BCUT2D eigenvalue weighted by Crippen LogP contribution is -2.62. The summed E-state index contributed by atoms with van der Waals surface area (Å²) in [5.41, 5.74) is 0. The van der Waals surface area contributed by atoms with Gasteiger partial charge < -0.3 is 20.4 Å². The van der Waals surface area contributed by atoms with E-state index in [2.05, 4.69) is 5.32 Å². The number of hydrogen-bond acceptors (Lipinski definition) is 4. The van der Waals surface area contributed by atoms with Crippen LogP contribution in [-0.4, -0.2) is 79.5 Å². The van der Waals surface area contributed by atoms with Crippen molar-refractivity contribution in [1.29, 1.82) is 0 Å². The molecule has 2 aliphatic rings. The van der Waals surface area contributed by atoms with Crippen molar-refractivity contribution in [2.45, 2.75) is 18.6 Å². The summed E-state index contributed by atoms with van der Waals surface area (Å²) < 4.78 is 35.9. The summed E-state index contributed by atoms with van der Waals surface area (Å²) in [5.74, 6) is -1.14. The molecule has 0 bridgehead atoms. The van der Waals surface area contributed by atoms with Crippen LogP contribution in [0.15, 0.2) is 0 Å². The Morgan fingerprint density at radius 1 is 1.26 bits per heavy atom. The van der Waals surface area contributed by atoms with Gasteiger partial charge in [0.25, 0.3) is 0 Å². The van der Waals surface area contributed by atoms with E-state index in [4.69, 9.17) is 0 Å². The van der Waals surface area contributed by atoms with Crippen molar-refractivity contribution in [2.24, 2.45) is 5.92 Å². The quantitative estimate of drug-likeness (QED) is 0.671. The Balaban J connectivity index is 1.73. The smallest absolute Gasteiger partial charge is 0.359 e. The highest BCUT2D eigenvalue weighted by atomic mass is 19.4. The number of rotatable bonds is 5. The third-order valence-electron chi connectivity index (χ3n) is 4.03. The molecule has 0 saturated carbocycles. The fourth-order valence-corrected chi connectivity index (χ4v) is 2.74. The zero-order valence-electron chi connectivity index (χ0n) is 12.7. The second-order valence-electron chi connectivity index (χ2n) is 5.73. The Morgan fingerprint density at radius 3 is 2.48 bits per heavy atom. The van der Waals surface area contributed by atoms with Crippen LogP contribution in [0, 0.1) is 5.92 Å². The Hall–Kier alpha value is -1.84. The molecule has 2 fully saturated rings. The third-order valence-corrected chi connectivity index (χ3v) is 4.03. The highest BCUT2D eigenvalue weighted by Gasteiger charge is 2.43. The van der Waals surface area contributed by atoms with E-state index >= 15 is 0 Å². The molecule has 2 heterocycles. The monoisotopic (exact) mass is 336 g/mol. The summed E-state index contributed by atoms with van der Waals surface area (Å²) in [6.45, 7) is -0.704. The Bertz CT molecular complexity index is 491. The van der Waals surface area contributed by atoms with Gasteiger partial charge in [0.2, 0.25) is 17.7 Å². The molecule has 0 aromatic heterocycles. The lowest BCUT2D eigenvalue weighted by Gasteiger charge is -2.44. The number of likely N-dealkylation sites (tertiary alicyclic amines) is 2. The average Bonchev–Trinajstić information content (AvgIpc) is 2.77. The van der Waals surface area contributed by atoms with E-state index in [1.54, 1.807) is 4.90 Å². The first-order chi connectivity index (χ1) is 10.7. The van der Waals surface area contributed by atoms with Gasteiger partial charge in [-0.05, 0) is 0 Å². The highest BCUT2D eigenvalue weighted by molar-refractivity contribution is 5.89. The van der Waals surface area contributed by atoms with Gasteiger partial charge in [-0.3, -0.25) is 14.4 Å². The van der Waals surface area contributed by atoms with Gasteiger partial charge in [-0.2, -0.15) is 13.2 Å². The van der Waals surface area contributed by atoms with Crippen LogP contribution in [-0.2, 0) is 14.4 Å². The third kappa shape index (κ3) is 4.34. The predicted molar refractivity (Wildman–Crippen MR) is 73.2 cm³/mol. The first-order valence-corrected chi connectivity index (χ1v) is 7.27. The number of nitrogens with one attached hydrogen (secondary N) is 2. The molecule has 1 unspecified atom stereocenters. The number of carbonyl (C=O) groups is 3. The number of carbonyl (C=O) groups excluding carboxylic acids is 3. The lowest BCUT2D eigenvalue weighted by molar-refractivity contribution is -0.145. The van der Waals surface area contributed by atoms with Crippen molar-refractivity contribution in [3.8, 4) is 0 Å². The number of halogens is 3. The molecule has 0 aromatic rings. The van der Waals surface area contributed by atoms with Crippen LogP contribution in [0.1, 0.15) is 6.42 Å². The molecular formula is C13H19F3N4O3. The Morgan fingerprint density at radius 2 is 1.91 bits per heavy atom. The van der Waals surface area contributed by atoms with Crippen LogP contribution in [0.2, 0.25) is 0 Å². The van der Waals surface area contributed by atoms with Gasteiger partial charge in [0, 0.05) is 33.1 Å². The average molecular weight is 336 g/mol. The van der Waals surface area contributed by atoms with Crippen LogP contribution < -0.4 is 10.6 Å². The minimum absolute atomic E-state index is 0.133. The minimum Gasteiger partial charge on any atom is -0.359 e. The van der Waals surface area contributed by atoms with Gasteiger partial charge in [-0.15, -0.1) is 0 Å². The summed E-state index contributed by atoms with van der Waals surface area (Å²) in [5, 5.41) is 4.55. The van der Waals surface area contributed by atoms with E-state index in [9.17, 15) is 27.6 Å². The Kier molecular flexibility index (Phi) is 5.12. The van der Waals surface area contributed by atoms with E-state index in [0.29, 0.717) is 19.6 Å². The molecule has 2 rings (SSSR count). The maximum atomic E-state index is 12.0. The second-order valence-corrected chi connectivity index (χ2v) is 5.73. The second kappa shape index (κ2) is 6.73. The summed E-state index contributed by atoms with van der Waals surface area (Å²) in [4.78, 5) is 38.1. The zero-order chi connectivity index (χ0) is 17.2. The highest BCUT2D eigenvalue weighted by Crippen LogP contribution is 2.25. The predicted octanol–water partition coefficient (Wildman–Crippen LogP) is -1.06. The molecule has 23 heavy (non-hydrogen) atoms. The van der Waals surface area contributed by atoms with Crippen molar-refractivity contribution in [3.05, 3.63) is 0 Å². The summed E-state index contributed by atoms with van der Waals surface area (Å²) in [6.07, 6.45) is -4.20. The molecule has 0 radical (unpaired) electrons. The largest absolute Gasteiger partial charge is 0.401 e. The van der Waals surface area contributed by atoms with Gasteiger partial charge in [0.05, 0.1) is 25.0 Å². The van der Waals surface area contributed by atoms with Crippen molar-refractivity contribution in [3.63, 3.8) is 0 Å². The molecule has 2 N–H and O–H groups in total. The van der Waals surface area contributed by atoms with Crippen LogP contribution >= 0.6 is 0 Å². The Labute approximate surface area is 131 Å². The van der Waals surface area contributed by atoms with Crippen molar-refractivity contribution < 1.29 is 27.6 Å². The fourth-order valence-electron chi connectivity index (χ4n) is 2.74. The molecule has 2 saturated heterocycles. The van der Waals surface area contributed by atoms with Gasteiger partial charge in [-0.25, -0.2) is 0 Å². The number of hydrogen-bond donors (Lipinski definition) is 2. The standard InChI is InChI=1S/C13H19F3N4O3/c1-17-12(23)8-2-10(21)20(4-8)9-5-19(6-9)11(22)3-18-7-13(14,15)16/h8-9,18H,2-7H2,1H3,(H,17,23).